The quantitative estimate of drug-likeness (QED) is 0.381. The predicted octanol–water partition coefficient (Wildman–Crippen LogP) is 6.23. The molecule has 0 saturated heterocycles. The molecule has 4 rings (SSSR count). The van der Waals surface area contributed by atoms with Crippen LogP contribution in [0.4, 0.5) is 0 Å². The number of esters is 1. The molecule has 0 spiro atoms. The van der Waals surface area contributed by atoms with E-state index in [0.29, 0.717) is 17.3 Å². The van der Waals surface area contributed by atoms with Crippen molar-refractivity contribution in [3.05, 3.63) is 59.7 Å². The van der Waals surface area contributed by atoms with Gasteiger partial charge in [0.1, 0.15) is 6.10 Å². The summed E-state index contributed by atoms with van der Waals surface area (Å²) < 4.78 is 11.4. The summed E-state index contributed by atoms with van der Waals surface area (Å²) in [5.41, 5.74) is 2.60. The van der Waals surface area contributed by atoms with Crippen molar-refractivity contribution in [2.75, 3.05) is 7.11 Å². The molecule has 0 N–H and O–H groups in total. The molecule has 4 nitrogen and oxygen atoms in total. The van der Waals surface area contributed by atoms with Crippen molar-refractivity contribution in [3.63, 3.8) is 0 Å². The number of fused-ring (bicyclic) bond motifs is 1. The second-order valence-corrected chi connectivity index (χ2v) is 11.2. The smallest absolute Gasteiger partial charge is 0.340 e. The first-order valence-electron chi connectivity index (χ1n) is 12.3. The van der Waals surface area contributed by atoms with Crippen LogP contribution in [-0.4, -0.2) is 25.0 Å². The Morgan fingerprint density at radius 2 is 1.88 bits per heavy atom. The molecule has 4 heteroatoms. The van der Waals surface area contributed by atoms with Crippen molar-refractivity contribution in [2.45, 2.75) is 72.0 Å². The molecule has 0 unspecified atom stereocenters. The highest BCUT2D eigenvalue weighted by molar-refractivity contribution is 5.95. The molecule has 0 aliphatic heterocycles. The summed E-state index contributed by atoms with van der Waals surface area (Å²) in [5, 5.41) is 0. The van der Waals surface area contributed by atoms with Gasteiger partial charge in [-0.05, 0) is 73.0 Å². The zero-order valence-electron chi connectivity index (χ0n) is 20.7. The summed E-state index contributed by atoms with van der Waals surface area (Å²) in [6.45, 7) is 9.46. The number of ether oxygens (including phenoxy) is 2. The third-order valence-electron chi connectivity index (χ3n) is 8.80. The molecular weight excluding hydrogens is 412 g/mol. The molecule has 1 aromatic carbocycles. The molecule has 0 amide bonds. The van der Waals surface area contributed by atoms with Crippen molar-refractivity contribution in [2.24, 2.45) is 28.6 Å². The highest BCUT2D eigenvalue weighted by Crippen LogP contribution is 2.61. The van der Waals surface area contributed by atoms with E-state index >= 15 is 0 Å². The first kappa shape index (κ1) is 23.9. The van der Waals surface area contributed by atoms with Gasteiger partial charge >= 0.3 is 5.97 Å². The number of hydrogen-bond donors (Lipinski definition) is 0. The normalized spacial score (nSPS) is 33.8. The van der Waals surface area contributed by atoms with Gasteiger partial charge in [0.25, 0.3) is 0 Å². The maximum Gasteiger partial charge on any atom is 0.340 e. The number of hydrogen-bond acceptors (Lipinski definition) is 4. The van der Waals surface area contributed by atoms with E-state index in [0.717, 1.165) is 18.4 Å². The molecule has 178 valence electrons. The lowest BCUT2D eigenvalue weighted by Crippen LogP contribution is -2.49. The minimum atomic E-state index is -0.798. The van der Waals surface area contributed by atoms with Gasteiger partial charge in [-0.15, -0.1) is 0 Å². The SMILES string of the molecule is CO[C@H](C(=O)O[C@H]1C=CC(=O)[C@@H]1C[C@H]1C(C)=CC[C@H]2C(C)(C)CCC[C@]12C)c1ccccc1. The van der Waals surface area contributed by atoms with E-state index < -0.39 is 18.2 Å². The van der Waals surface area contributed by atoms with Crippen LogP contribution in [0.2, 0.25) is 0 Å². The molecular formula is C29H38O4. The number of methoxy groups -OCH3 is 1. The van der Waals surface area contributed by atoms with E-state index in [4.69, 9.17) is 9.47 Å². The summed E-state index contributed by atoms with van der Waals surface area (Å²) >= 11 is 0. The monoisotopic (exact) mass is 450 g/mol. The number of allylic oxidation sites excluding steroid dienone is 3. The van der Waals surface area contributed by atoms with Gasteiger partial charge in [-0.2, -0.15) is 0 Å². The molecule has 0 bridgehead atoms. The predicted molar refractivity (Wildman–Crippen MR) is 129 cm³/mol. The lowest BCUT2D eigenvalue weighted by molar-refractivity contribution is -0.162. The van der Waals surface area contributed by atoms with E-state index in [9.17, 15) is 9.59 Å². The number of ketones is 1. The van der Waals surface area contributed by atoms with Crippen LogP contribution in [0.25, 0.3) is 0 Å². The Bertz CT molecular complexity index is 944. The Labute approximate surface area is 198 Å². The molecule has 1 aromatic rings. The van der Waals surface area contributed by atoms with Gasteiger partial charge in [-0.1, -0.05) is 69.2 Å². The van der Waals surface area contributed by atoms with Crippen molar-refractivity contribution in [1.82, 2.24) is 0 Å². The van der Waals surface area contributed by atoms with Crippen LogP contribution in [-0.2, 0) is 19.1 Å². The first-order chi connectivity index (χ1) is 15.7. The molecule has 0 radical (unpaired) electrons. The number of carbonyl (C=O) groups excluding carboxylic acids is 2. The fourth-order valence-corrected chi connectivity index (χ4v) is 7.02. The van der Waals surface area contributed by atoms with Crippen molar-refractivity contribution in [3.8, 4) is 0 Å². The van der Waals surface area contributed by atoms with Gasteiger partial charge in [0.05, 0.1) is 5.92 Å². The van der Waals surface area contributed by atoms with Crippen molar-refractivity contribution < 1.29 is 19.1 Å². The average molecular weight is 451 g/mol. The molecule has 3 aliphatic rings. The van der Waals surface area contributed by atoms with E-state index in [1.54, 1.807) is 12.2 Å². The molecule has 0 aromatic heterocycles. The van der Waals surface area contributed by atoms with E-state index in [-0.39, 0.29) is 17.1 Å². The van der Waals surface area contributed by atoms with Crippen LogP contribution in [0, 0.1) is 28.6 Å². The summed E-state index contributed by atoms with van der Waals surface area (Å²) in [7, 11) is 1.51. The van der Waals surface area contributed by atoms with E-state index in [1.165, 1.54) is 31.9 Å². The number of rotatable bonds is 6. The Hall–Kier alpha value is -2.20. The van der Waals surface area contributed by atoms with Crippen LogP contribution < -0.4 is 0 Å². The van der Waals surface area contributed by atoms with Crippen molar-refractivity contribution in [1.29, 1.82) is 0 Å². The molecule has 0 heterocycles. The third-order valence-corrected chi connectivity index (χ3v) is 8.80. The van der Waals surface area contributed by atoms with Crippen LogP contribution in [0.5, 0.6) is 0 Å². The van der Waals surface area contributed by atoms with Gasteiger partial charge < -0.3 is 9.47 Å². The standard InChI is InChI=1S/C29H38O4/c1-19-12-15-25-28(2,3)16-9-17-29(25,4)22(19)18-21-23(30)13-14-24(21)33-27(31)26(32-5)20-10-7-6-8-11-20/h6-8,10-14,21-22,24-26H,9,15-18H2,1-5H3/t21-,22-,24-,25-,26-,29+/m0/s1. The largest absolute Gasteiger partial charge is 0.455 e. The van der Waals surface area contributed by atoms with Gasteiger partial charge in [0.15, 0.2) is 11.9 Å². The highest BCUT2D eigenvalue weighted by atomic mass is 16.6. The van der Waals surface area contributed by atoms with Crippen molar-refractivity contribution >= 4 is 11.8 Å². The van der Waals surface area contributed by atoms with E-state index in [1.807, 2.05) is 30.3 Å². The third kappa shape index (κ3) is 4.47. The number of benzene rings is 1. The molecule has 1 fully saturated rings. The summed E-state index contributed by atoms with van der Waals surface area (Å²) in [6.07, 6.45) is 9.93. The topological polar surface area (TPSA) is 52.6 Å². The fraction of sp³-hybridized carbons (Fsp3) is 0.586. The maximum atomic E-state index is 13.0. The summed E-state index contributed by atoms with van der Waals surface area (Å²) in [6, 6.07) is 9.35. The van der Waals surface area contributed by atoms with E-state index in [2.05, 4.69) is 33.8 Å². The molecule has 33 heavy (non-hydrogen) atoms. The van der Waals surface area contributed by atoms with Crippen LogP contribution in [0.3, 0.4) is 0 Å². The second kappa shape index (κ2) is 9.21. The minimum absolute atomic E-state index is 0.0649. The molecule has 6 atom stereocenters. The lowest BCUT2D eigenvalue weighted by atomic mass is 9.48. The van der Waals surface area contributed by atoms with Gasteiger partial charge in [0, 0.05) is 7.11 Å². The first-order valence-corrected chi connectivity index (χ1v) is 12.3. The molecule has 3 aliphatic carbocycles. The Kier molecular flexibility index (Phi) is 6.68. The van der Waals surface area contributed by atoms with Crippen LogP contribution >= 0.6 is 0 Å². The lowest BCUT2D eigenvalue weighted by Gasteiger charge is -2.57. The fourth-order valence-electron chi connectivity index (χ4n) is 7.02. The van der Waals surface area contributed by atoms with Gasteiger partial charge in [-0.3, -0.25) is 4.79 Å². The maximum absolute atomic E-state index is 13.0. The highest BCUT2D eigenvalue weighted by Gasteiger charge is 2.53. The Morgan fingerprint density at radius 3 is 2.58 bits per heavy atom. The Morgan fingerprint density at radius 1 is 1.15 bits per heavy atom. The minimum Gasteiger partial charge on any atom is -0.455 e. The van der Waals surface area contributed by atoms with Crippen LogP contribution in [0.1, 0.15) is 71.5 Å². The second-order valence-electron chi connectivity index (χ2n) is 11.2. The average Bonchev–Trinajstić information content (AvgIpc) is 3.10. The van der Waals surface area contributed by atoms with Gasteiger partial charge in [-0.25, -0.2) is 4.79 Å². The summed E-state index contributed by atoms with van der Waals surface area (Å²) in [4.78, 5) is 25.9. The van der Waals surface area contributed by atoms with Crippen LogP contribution in [0.15, 0.2) is 54.1 Å². The Balaban J connectivity index is 1.53. The zero-order chi connectivity index (χ0) is 23.8. The molecule has 1 saturated carbocycles. The van der Waals surface area contributed by atoms with Gasteiger partial charge in [0.2, 0.25) is 0 Å². The number of carbonyl (C=O) groups is 2. The summed E-state index contributed by atoms with van der Waals surface area (Å²) in [5.74, 6) is 0.204. The zero-order valence-corrected chi connectivity index (χ0v) is 20.7.